The van der Waals surface area contributed by atoms with E-state index in [0.29, 0.717) is 15.8 Å². The minimum absolute atomic E-state index is 0.304. The standard InChI is InChI=1S/C18H20N2O2S3/c1-11(2)23-18-19-15-7-6-14(10-16(15)24-18)20-25(21,22)17-8-5-12(3)9-13(17)4/h5-11,20H,1-4H3. The normalized spacial score (nSPS) is 12.0. The smallest absolute Gasteiger partial charge is 0.262 e. The highest BCUT2D eigenvalue weighted by Crippen LogP contribution is 2.33. The molecule has 0 aliphatic carbocycles. The number of nitrogens with one attached hydrogen (secondary N) is 1. The number of nitrogens with zero attached hydrogens (tertiary/aromatic N) is 1. The summed E-state index contributed by atoms with van der Waals surface area (Å²) in [6.45, 7) is 8.01. The summed E-state index contributed by atoms with van der Waals surface area (Å²) < 4.78 is 30.0. The molecule has 1 heterocycles. The summed E-state index contributed by atoms with van der Waals surface area (Å²) in [7, 11) is -3.61. The number of anilines is 1. The predicted molar refractivity (Wildman–Crippen MR) is 107 cm³/mol. The van der Waals surface area contributed by atoms with Crippen LogP contribution in [0.15, 0.2) is 45.6 Å². The minimum Gasteiger partial charge on any atom is -0.280 e. The Balaban J connectivity index is 1.91. The molecule has 0 spiro atoms. The number of benzene rings is 2. The largest absolute Gasteiger partial charge is 0.280 e. The van der Waals surface area contributed by atoms with Crippen molar-refractivity contribution in [1.82, 2.24) is 4.98 Å². The summed E-state index contributed by atoms with van der Waals surface area (Å²) in [5.41, 5.74) is 3.22. The number of rotatable bonds is 5. The van der Waals surface area contributed by atoms with Gasteiger partial charge >= 0.3 is 0 Å². The molecule has 0 saturated heterocycles. The highest BCUT2D eigenvalue weighted by atomic mass is 32.2. The predicted octanol–water partition coefficient (Wildman–Crippen LogP) is 5.21. The van der Waals surface area contributed by atoms with Crippen molar-refractivity contribution in [2.75, 3.05) is 4.72 Å². The van der Waals surface area contributed by atoms with Gasteiger partial charge in [0.25, 0.3) is 10.0 Å². The van der Waals surface area contributed by atoms with E-state index in [0.717, 1.165) is 25.7 Å². The summed E-state index contributed by atoms with van der Waals surface area (Å²) in [4.78, 5) is 4.88. The van der Waals surface area contributed by atoms with E-state index < -0.39 is 10.0 Å². The van der Waals surface area contributed by atoms with Crippen LogP contribution in [0, 0.1) is 13.8 Å². The first-order chi connectivity index (χ1) is 11.7. The van der Waals surface area contributed by atoms with Crippen LogP contribution in [0.4, 0.5) is 5.69 Å². The third-order valence-electron chi connectivity index (χ3n) is 3.58. The summed E-state index contributed by atoms with van der Waals surface area (Å²) in [6.07, 6.45) is 0. The summed E-state index contributed by atoms with van der Waals surface area (Å²) in [5, 5.41) is 0.461. The van der Waals surface area contributed by atoms with E-state index >= 15 is 0 Å². The SMILES string of the molecule is Cc1ccc(S(=O)(=O)Nc2ccc3nc(SC(C)C)sc3c2)c(C)c1. The van der Waals surface area contributed by atoms with E-state index in [-0.39, 0.29) is 0 Å². The molecule has 1 N–H and O–H groups in total. The molecule has 0 amide bonds. The second kappa shape index (κ2) is 6.97. The van der Waals surface area contributed by atoms with Gasteiger partial charge in [0.15, 0.2) is 4.34 Å². The monoisotopic (exact) mass is 392 g/mol. The lowest BCUT2D eigenvalue weighted by Crippen LogP contribution is -2.14. The Hall–Kier alpha value is -1.57. The Morgan fingerprint density at radius 1 is 1.12 bits per heavy atom. The van der Waals surface area contributed by atoms with Crippen molar-refractivity contribution in [3.05, 3.63) is 47.5 Å². The molecule has 0 atom stereocenters. The Morgan fingerprint density at radius 2 is 1.88 bits per heavy atom. The van der Waals surface area contributed by atoms with Crippen LogP contribution in [-0.4, -0.2) is 18.7 Å². The zero-order valence-electron chi connectivity index (χ0n) is 14.5. The zero-order chi connectivity index (χ0) is 18.2. The topological polar surface area (TPSA) is 59.1 Å². The summed E-state index contributed by atoms with van der Waals surface area (Å²) in [5.74, 6) is 0. The van der Waals surface area contributed by atoms with Crippen molar-refractivity contribution in [3.8, 4) is 0 Å². The van der Waals surface area contributed by atoms with E-state index in [4.69, 9.17) is 0 Å². The molecule has 132 valence electrons. The third kappa shape index (κ3) is 4.16. The fourth-order valence-electron chi connectivity index (χ4n) is 2.53. The Kier molecular flexibility index (Phi) is 5.09. The van der Waals surface area contributed by atoms with Gasteiger partial charge in [-0.25, -0.2) is 13.4 Å². The minimum atomic E-state index is -3.61. The fourth-order valence-corrected chi connectivity index (χ4v) is 6.14. The summed E-state index contributed by atoms with van der Waals surface area (Å²) >= 11 is 3.30. The van der Waals surface area contributed by atoms with Crippen molar-refractivity contribution in [2.24, 2.45) is 0 Å². The summed E-state index contributed by atoms with van der Waals surface area (Å²) in [6, 6.07) is 10.8. The fraction of sp³-hybridized carbons (Fsp3) is 0.278. The van der Waals surface area contributed by atoms with E-state index in [9.17, 15) is 8.42 Å². The molecule has 1 aromatic heterocycles. The second-order valence-corrected chi connectivity index (χ2v) is 10.7. The van der Waals surface area contributed by atoms with Gasteiger partial charge < -0.3 is 0 Å². The number of thioether (sulfide) groups is 1. The van der Waals surface area contributed by atoms with Crippen LogP contribution in [0.25, 0.3) is 10.2 Å². The Bertz CT molecular complexity index is 1020. The first-order valence-electron chi connectivity index (χ1n) is 7.92. The van der Waals surface area contributed by atoms with Gasteiger partial charge in [0.2, 0.25) is 0 Å². The van der Waals surface area contributed by atoms with Gasteiger partial charge in [-0.05, 0) is 43.7 Å². The van der Waals surface area contributed by atoms with Crippen molar-refractivity contribution in [2.45, 2.75) is 42.2 Å². The first kappa shape index (κ1) is 18.2. The highest BCUT2D eigenvalue weighted by Gasteiger charge is 2.17. The average molecular weight is 393 g/mol. The van der Waals surface area contributed by atoms with E-state index in [1.807, 2.05) is 38.1 Å². The maximum atomic E-state index is 12.7. The molecule has 0 aliphatic heterocycles. The lowest BCUT2D eigenvalue weighted by Gasteiger charge is -2.11. The zero-order valence-corrected chi connectivity index (χ0v) is 17.0. The number of fused-ring (bicyclic) bond motifs is 1. The Labute approximate surface area is 156 Å². The van der Waals surface area contributed by atoms with Crippen LogP contribution in [0.1, 0.15) is 25.0 Å². The molecule has 25 heavy (non-hydrogen) atoms. The van der Waals surface area contributed by atoms with Gasteiger partial charge in [-0.1, -0.05) is 43.3 Å². The number of sulfonamides is 1. The number of hydrogen-bond donors (Lipinski definition) is 1. The van der Waals surface area contributed by atoms with Gasteiger partial charge in [-0.2, -0.15) is 0 Å². The number of aryl methyl sites for hydroxylation is 2. The lowest BCUT2D eigenvalue weighted by atomic mass is 10.2. The molecule has 3 aromatic rings. The maximum absolute atomic E-state index is 12.7. The van der Waals surface area contributed by atoms with Gasteiger partial charge in [-0.15, -0.1) is 11.3 Å². The molecule has 0 saturated carbocycles. The molecular weight excluding hydrogens is 372 g/mol. The average Bonchev–Trinajstić information content (AvgIpc) is 2.86. The molecular formula is C18H20N2O2S3. The molecule has 2 aromatic carbocycles. The maximum Gasteiger partial charge on any atom is 0.262 e. The van der Waals surface area contributed by atoms with Crippen LogP contribution in [0.3, 0.4) is 0 Å². The van der Waals surface area contributed by atoms with E-state index in [1.165, 1.54) is 0 Å². The van der Waals surface area contributed by atoms with E-state index in [1.54, 1.807) is 35.2 Å². The molecule has 0 aliphatic rings. The highest BCUT2D eigenvalue weighted by molar-refractivity contribution is 8.01. The lowest BCUT2D eigenvalue weighted by molar-refractivity contribution is 0.600. The molecule has 7 heteroatoms. The van der Waals surface area contributed by atoms with Crippen LogP contribution < -0.4 is 4.72 Å². The van der Waals surface area contributed by atoms with Gasteiger partial charge in [0.05, 0.1) is 20.8 Å². The van der Waals surface area contributed by atoms with Crippen molar-refractivity contribution < 1.29 is 8.42 Å². The molecule has 3 rings (SSSR count). The van der Waals surface area contributed by atoms with E-state index in [2.05, 4.69) is 23.6 Å². The van der Waals surface area contributed by atoms with Gasteiger partial charge in [0, 0.05) is 5.25 Å². The quantitative estimate of drug-likeness (QED) is 0.605. The Morgan fingerprint density at radius 3 is 2.56 bits per heavy atom. The van der Waals surface area contributed by atoms with Gasteiger partial charge in [-0.3, -0.25) is 4.72 Å². The van der Waals surface area contributed by atoms with Crippen molar-refractivity contribution in [3.63, 3.8) is 0 Å². The number of thiazole rings is 1. The van der Waals surface area contributed by atoms with Crippen LogP contribution >= 0.6 is 23.1 Å². The van der Waals surface area contributed by atoms with Crippen molar-refractivity contribution >= 4 is 49.0 Å². The van der Waals surface area contributed by atoms with Crippen LogP contribution in [0.5, 0.6) is 0 Å². The number of aromatic nitrogens is 1. The molecule has 0 unspecified atom stereocenters. The van der Waals surface area contributed by atoms with Crippen LogP contribution in [-0.2, 0) is 10.0 Å². The second-order valence-electron chi connectivity index (χ2n) is 6.20. The molecule has 4 nitrogen and oxygen atoms in total. The molecule has 0 bridgehead atoms. The van der Waals surface area contributed by atoms with Gasteiger partial charge in [0.1, 0.15) is 0 Å². The third-order valence-corrected chi connectivity index (χ3v) is 7.23. The van der Waals surface area contributed by atoms with Crippen LogP contribution in [0.2, 0.25) is 0 Å². The van der Waals surface area contributed by atoms with Crippen molar-refractivity contribution in [1.29, 1.82) is 0 Å². The molecule has 0 fully saturated rings. The molecule has 0 radical (unpaired) electrons. The number of hydrogen-bond acceptors (Lipinski definition) is 5. The first-order valence-corrected chi connectivity index (χ1v) is 11.1.